The first-order valence-corrected chi connectivity index (χ1v) is 12.6. The Morgan fingerprint density at radius 2 is 1.74 bits per heavy atom. The van der Waals surface area contributed by atoms with Crippen molar-refractivity contribution in [2.45, 2.75) is 38.0 Å². The van der Waals surface area contributed by atoms with E-state index in [9.17, 15) is 9.59 Å². The van der Waals surface area contributed by atoms with Gasteiger partial charge in [-0.05, 0) is 42.7 Å². The molecule has 2 aliphatic heterocycles. The largest absolute Gasteiger partial charge is 0.325 e. The molecule has 2 atom stereocenters. The Bertz CT molecular complexity index is 1340. The molecule has 0 bridgehead atoms. The minimum absolute atomic E-state index is 0.112. The molecule has 2 amide bonds. The fourth-order valence-electron chi connectivity index (χ4n) is 4.23. The predicted molar refractivity (Wildman–Crippen MR) is 142 cm³/mol. The number of benzene rings is 3. The highest BCUT2D eigenvalue weighted by Crippen LogP contribution is 2.36. The van der Waals surface area contributed by atoms with Crippen molar-refractivity contribution >= 4 is 46.0 Å². The number of aliphatic imine (C=N–C) groups is 2. The normalized spacial score (nSPS) is 17.3. The molecule has 0 saturated carbocycles. The zero-order valence-electron chi connectivity index (χ0n) is 19.6. The lowest BCUT2D eigenvalue weighted by Crippen LogP contribution is -2.42. The standard InChI is InChI=1S/C28H26N4O2S/c1-3-24(26(33)30-21-15-9-7-11-18(21)2)35-28-31-22-16-10-8-14-20(22)25-29-23(27(34)32(25)28)17-19-12-5-4-6-13-19/h4-16,23-24H,3,17H2,1-2H3,(H,30,33)/t23-,24-/m1/s1. The van der Waals surface area contributed by atoms with Crippen LogP contribution < -0.4 is 5.32 Å². The second kappa shape index (κ2) is 9.88. The zero-order chi connectivity index (χ0) is 24.4. The number of hydrogen-bond acceptors (Lipinski definition) is 5. The average molecular weight is 483 g/mol. The summed E-state index contributed by atoms with van der Waals surface area (Å²) in [5.41, 5.74) is 4.43. The fourth-order valence-corrected chi connectivity index (χ4v) is 5.25. The number of amides is 2. The van der Waals surface area contributed by atoms with Gasteiger partial charge in [0, 0.05) is 17.7 Å². The zero-order valence-corrected chi connectivity index (χ0v) is 20.5. The van der Waals surface area contributed by atoms with Gasteiger partial charge in [0.25, 0.3) is 5.91 Å². The molecule has 0 unspecified atom stereocenters. The van der Waals surface area contributed by atoms with E-state index in [1.165, 1.54) is 11.8 Å². The second-order valence-corrected chi connectivity index (χ2v) is 9.73. The third-order valence-corrected chi connectivity index (χ3v) is 7.45. The lowest BCUT2D eigenvalue weighted by molar-refractivity contribution is -0.124. The summed E-state index contributed by atoms with van der Waals surface area (Å²) in [7, 11) is 0. The number of para-hydroxylation sites is 2. The lowest BCUT2D eigenvalue weighted by Gasteiger charge is -2.27. The van der Waals surface area contributed by atoms with Crippen LogP contribution in [-0.4, -0.2) is 39.0 Å². The maximum atomic E-state index is 13.6. The molecule has 0 radical (unpaired) electrons. The van der Waals surface area contributed by atoms with Gasteiger partial charge in [-0.1, -0.05) is 79.3 Å². The van der Waals surface area contributed by atoms with Gasteiger partial charge in [0.05, 0.1) is 10.9 Å². The van der Waals surface area contributed by atoms with Gasteiger partial charge in [-0.2, -0.15) is 0 Å². The molecule has 176 valence electrons. The molecule has 0 fully saturated rings. The van der Waals surface area contributed by atoms with E-state index in [2.05, 4.69) is 5.32 Å². The predicted octanol–water partition coefficient (Wildman–Crippen LogP) is 5.35. The number of rotatable bonds is 6. The first-order valence-electron chi connectivity index (χ1n) is 11.7. The van der Waals surface area contributed by atoms with E-state index in [1.54, 1.807) is 4.90 Å². The highest BCUT2D eigenvalue weighted by molar-refractivity contribution is 8.15. The number of carbonyl (C=O) groups excluding carboxylic acids is 2. The van der Waals surface area contributed by atoms with Crippen molar-refractivity contribution in [3.8, 4) is 0 Å². The number of fused-ring (bicyclic) bond motifs is 3. The molecule has 5 rings (SSSR count). The number of nitrogens with one attached hydrogen (secondary N) is 1. The summed E-state index contributed by atoms with van der Waals surface area (Å²) in [5.74, 6) is 0.385. The van der Waals surface area contributed by atoms with Crippen LogP contribution in [0.2, 0.25) is 0 Å². The van der Waals surface area contributed by atoms with Crippen molar-refractivity contribution in [2.75, 3.05) is 5.32 Å². The van der Waals surface area contributed by atoms with Crippen LogP contribution in [0.25, 0.3) is 0 Å². The van der Waals surface area contributed by atoms with E-state index in [1.807, 2.05) is 92.7 Å². The van der Waals surface area contributed by atoms with Crippen LogP contribution in [0, 0.1) is 6.92 Å². The first-order chi connectivity index (χ1) is 17.0. The van der Waals surface area contributed by atoms with Gasteiger partial charge in [0.15, 0.2) is 5.17 Å². The molecule has 2 aliphatic rings. The van der Waals surface area contributed by atoms with Crippen molar-refractivity contribution < 1.29 is 9.59 Å². The molecular weight excluding hydrogens is 456 g/mol. The third kappa shape index (κ3) is 4.64. The molecule has 0 saturated heterocycles. The molecule has 35 heavy (non-hydrogen) atoms. The quantitative estimate of drug-likeness (QED) is 0.515. The van der Waals surface area contributed by atoms with Gasteiger partial charge in [-0.25, -0.2) is 9.89 Å². The summed E-state index contributed by atoms with van der Waals surface area (Å²) in [6.45, 7) is 3.93. The Morgan fingerprint density at radius 3 is 2.51 bits per heavy atom. The number of aryl methyl sites for hydroxylation is 1. The Balaban J connectivity index is 1.43. The number of thioether (sulfide) groups is 1. The van der Waals surface area contributed by atoms with Crippen LogP contribution in [-0.2, 0) is 16.0 Å². The third-order valence-electron chi connectivity index (χ3n) is 6.13. The van der Waals surface area contributed by atoms with Crippen LogP contribution in [0.4, 0.5) is 11.4 Å². The number of amidine groups is 2. The van der Waals surface area contributed by atoms with Gasteiger partial charge in [0.2, 0.25) is 5.91 Å². The summed E-state index contributed by atoms with van der Waals surface area (Å²) in [4.78, 5) is 38.0. The van der Waals surface area contributed by atoms with Crippen molar-refractivity contribution in [2.24, 2.45) is 9.98 Å². The number of anilines is 1. The van der Waals surface area contributed by atoms with Gasteiger partial charge in [-0.15, -0.1) is 0 Å². The highest BCUT2D eigenvalue weighted by atomic mass is 32.2. The minimum atomic E-state index is -0.523. The molecule has 7 heteroatoms. The summed E-state index contributed by atoms with van der Waals surface area (Å²) in [6.07, 6.45) is 1.11. The monoisotopic (exact) mass is 482 g/mol. The molecule has 2 heterocycles. The van der Waals surface area contributed by atoms with E-state index in [0.29, 0.717) is 23.8 Å². The van der Waals surface area contributed by atoms with Crippen molar-refractivity contribution in [3.63, 3.8) is 0 Å². The van der Waals surface area contributed by atoms with Gasteiger partial charge < -0.3 is 5.32 Å². The minimum Gasteiger partial charge on any atom is -0.325 e. The topological polar surface area (TPSA) is 74.1 Å². The molecule has 3 aromatic carbocycles. The first kappa shape index (κ1) is 23.1. The van der Waals surface area contributed by atoms with Crippen molar-refractivity contribution in [1.29, 1.82) is 0 Å². The van der Waals surface area contributed by atoms with E-state index in [-0.39, 0.29) is 11.8 Å². The summed E-state index contributed by atoms with van der Waals surface area (Å²) in [6, 6.07) is 24.8. The maximum absolute atomic E-state index is 13.6. The number of hydrogen-bond donors (Lipinski definition) is 1. The lowest BCUT2D eigenvalue weighted by atomic mass is 10.1. The number of nitrogens with zero attached hydrogens (tertiary/aromatic N) is 3. The van der Waals surface area contributed by atoms with Crippen LogP contribution >= 0.6 is 11.8 Å². The maximum Gasteiger partial charge on any atom is 0.259 e. The molecule has 0 spiro atoms. The molecule has 0 aromatic heterocycles. The van der Waals surface area contributed by atoms with Crippen LogP contribution in [0.5, 0.6) is 0 Å². The van der Waals surface area contributed by atoms with E-state index in [4.69, 9.17) is 9.98 Å². The van der Waals surface area contributed by atoms with Crippen molar-refractivity contribution in [3.05, 3.63) is 95.6 Å². The Morgan fingerprint density at radius 1 is 1.03 bits per heavy atom. The highest BCUT2D eigenvalue weighted by Gasteiger charge is 2.42. The average Bonchev–Trinajstić information content (AvgIpc) is 3.20. The van der Waals surface area contributed by atoms with Crippen LogP contribution in [0.15, 0.2) is 88.8 Å². The second-order valence-electron chi connectivity index (χ2n) is 8.56. The Hall–Kier alpha value is -3.71. The summed E-state index contributed by atoms with van der Waals surface area (Å²) in [5, 5.41) is 3.11. The van der Waals surface area contributed by atoms with Gasteiger partial charge >= 0.3 is 0 Å². The number of carbonyl (C=O) groups is 2. The molecule has 6 nitrogen and oxygen atoms in total. The van der Waals surface area contributed by atoms with Crippen molar-refractivity contribution in [1.82, 2.24) is 4.90 Å². The van der Waals surface area contributed by atoms with E-state index < -0.39 is 11.3 Å². The fraction of sp³-hybridized carbons (Fsp3) is 0.214. The Labute approximate surface area is 209 Å². The molecule has 0 aliphatic carbocycles. The van der Waals surface area contributed by atoms with Crippen LogP contribution in [0.3, 0.4) is 0 Å². The summed E-state index contributed by atoms with van der Waals surface area (Å²) >= 11 is 1.31. The van der Waals surface area contributed by atoms with E-state index >= 15 is 0 Å². The van der Waals surface area contributed by atoms with Crippen LogP contribution in [0.1, 0.15) is 30.0 Å². The van der Waals surface area contributed by atoms with Gasteiger partial charge in [0.1, 0.15) is 11.9 Å². The molecule has 3 aromatic rings. The van der Waals surface area contributed by atoms with Gasteiger partial charge in [-0.3, -0.25) is 14.6 Å². The SMILES string of the molecule is CC[C@@H](SC1=Nc2ccccc2C2=N[C@H](Cc3ccccc3)C(=O)N12)C(=O)Nc1ccccc1C. The molecule has 1 N–H and O–H groups in total. The smallest absolute Gasteiger partial charge is 0.259 e. The summed E-state index contributed by atoms with van der Waals surface area (Å²) < 4.78 is 0. The molecular formula is C28H26N4O2S. The van der Waals surface area contributed by atoms with E-state index in [0.717, 1.165) is 28.1 Å². The Kier molecular flexibility index (Phi) is 6.51.